The summed E-state index contributed by atoms with van der Waals surface area (Å²) in [5.74, 6) is 0. The Morgan fingerprint density at radius 2 is 1.59 bits per heavy atom. The Labute approximate surface area is 102 Å². The molecule has 0 spiro atoms. The Morgan fingerprint density at radius 3 is 1.94 bits per heavy atom. The molecular formula is C12H18N4O. The number of rotatable bonds is 7. The summed E-state index contributed by atoms with van der Waals surface area (Å²) in [5.41, 5.74) is -1.90. The fourth-order valence-corrected chi connectivity index (χ4v) is 1.30. The van der Waals surface area contributed by atoms with Crippen molar-refractivity contribution in [1.29, 1.82) is 10.5 Å². The molecule has 0 saturated carbocycles. The van der Waals surface area contributed by atoms with E-state index >= 15 is 0 Å². The van der Waals surface area contributed by atoms with E-state index < -0.39 is 11.1 Å². The third-order valence-corrected chi connectivity index (χ3v) is 2.46. The zero-order valence-corrected chi connectivity index (χ0v) is 10.6. The van der Waals surface area contributed by atoms with Gasteiger partial charge in [0, 0.05) is 6.42 Å². The molecule has 0 N–H and O–H groups in total. The molecule has 0 radical (unpaired) electrons. The number of carbonyl (C=O) groups excluding carboxylic acids is 1. The predicted octanol–water partition coefficient (Wildman–Crippen LogP) is 2.78. The van der Waals surface area contributed by atoms with Gasteiger partial charge in [-0.05, 0) is 26.7 Å². The summed E-state index contributed by atoms with van der Waals surface area (Å²) in [5, 5.41) is 26.0. The molecular weight excluding hydrogens is 216 g/mol. The molecule has 0 heterocycles. The van der Waals surface area contributed by atoms with Gasteiger partial charge in [0.15, 0.2) is 11.1 Å². The molecule has 92 valence electrons. The summed E-state index contributed by atoms with van der Waals surface area (Å²) in [6.07, 6.45) is 2.76. The van der Waals surface area contributed by atoms with Gasteiger partial charge in [-0.15, -0.1) is 0 Å². The van der Waals surface area contributed by atoms with Crippen LogP contribution < -0.4 is 0 Å². The lowest BCUT2D eigenvalue weighted by atomic mass is 9.98. The Kier molecular flexibility index (Phi) is 6.06. The van der Waals surface area contributed by atoms with Crippen LogP contribution in [0.1, 0.15) is 46.5 Å². The predicted molar refractivity (Wildman–Crippen MR) is 63.1 cm³/mol. The normalized spacial score (nSPS) is 17.7. The first kappa shape index (κ1) is 15.2. The Balaban J connectivity index is 4.82. The molecule has 5 nitrogen and oxygen atoms in total. The molecule has 5 heteroatoms. The number of nitrogens with zero attached hydrogens (tertiary/aromatic N) is 4. The summed E-state index contributed by atoms with van der Waals surface area (Å²) in [6, 6.07) is 4.12. The van der Waals surface area contributed by atoms with Crippen molar-refractivity contribution in [3.05, 3.63) is 0 Å². The number of hydrogen-bond donors (Lipinski definition) is 0. The van der Waals surface area contributed by atoms with Crippen molar-refractivity contribution in [3.8, 4) is 12.1 Å². The average Bonchev–Trinajstić information content (AvgIpc) is 2.34. The zero-order valence-electron chi connectivity index (χ0n) is 10.6. The SMILES string of the molecule is CCCC(C)(C#N)N=NC(C)(C#N)CCC=O. The van der Waals surface area contributed by atoms with Crippen LogP contribution in [0.2, 0.25) is 0 Å². The van der Waals surface area contributed by atoms with E-state index in [9.17, 15) is 4.79 Å². The first-order chi connectivity index (χ1) is 7.95. The van der Waals surface area contributed by atoms with Crippen LogP contribution in [0.4, 0.5) is 0 Å². The molecule has 0 rings (SSSR count). The molecule has 2 atom stereocenters. The summed E-state index contributed by atoms with van der Waals surface area (Å²) in [4.78, 5) is 10.3. The average molecular weight is 234 g/mol. The minimum absolute atomic E-state index is 0.264. The van der Waals surface area contributed by atoms with Crippen LogP contribution in [0.3, 0.4) is 0 Å². The number of azo groups is 1. The van der Waals surface area contributed by atoms with Crippen LogP contribution in [0.5, 0.6) is 0 Å². The van der Waals surface area contributed by atoms with Gasteiger partial charge in [0.25, 0.3) is 0 Å². The van der Waals surface area contributed by atoms with Crippen LogP contribution in [0.25, 0.3) is 0 Å². The Bertz CT molecular complexity index is 366. The maximum absolute atomic E-state index is 10.3. The smallest absolute Gasteiger partial charge is 0.165 e. The van der Waals surface area contributed by atoms with Gasteiger partial charge < -0.3 is 4.79 Å². The van der Waals surface area contributed by atoms with Crippen molar-refractivity contribution in [2.45, 2.75) is 57.5 Å². The van der Waals surface area contributed by atoms with E-state index in [4.69, 9.17) is 10.5 Å². The topological polar surface area (TPSA) is 89.4 Å². The number of carbonyl (C=O) groups is 1. The lowest BCUT2D eigenvalue weighted by molar-refractivity contribution is -0.108. The molecule has 17 heavy (non-hydrogen) atoms. The van der Waals surface area contributed by atoms with Crippen molar-refractivity contribution in [2.24, 2.45) is 10.2 Å². The highest BCUT2D eigenvalue weighted by Crippen LogP contribution is 2.22. The monoisotopic (exact) mass is 234 g/mol. The van der Waals surface area contributed by atoms with E-state index in [0.29, 0.717) is 12.8 Å². The van der Waals surface area contributed by atoms with E-state index in [-0.39, 0.29) is 6.42 Å². The van der Waals surface area contributed by atoms with Crippen molar-refractivity contribution >= 4 is 6.29 Å². The van der Waals surface area contributed by atoms with Crippen LogP contribution in [-0.4, -0.2) is 17.4 Å². The number of aldehydes is 1. The third kappa shape index (κ3) is 5.21. The van der Waals surface area contributed by atoms with Crippen molar-refractivity contribution in [2.75, 3.05) is 0 Å². The van der Waals surface area contributed by atoms with Crippen molar-refractivity contribution in [1.82, 2.24) is 0 Å². The van der Waals surface area contributed by atoms with Gasteiger partial charge in [-0.1, -0.05) is 13.3 Å². The molecule has 0 aromatic heterocycles. The van der Waals surface area contributed by atoms with Gasteiger partial charge in [-0.25, -0.2) is 0 Å². The van der Waals surface area contributed by atoms with Gasteiger partial charge in [-0.3, -0.25) is 0 Å². The first-order valence-corrected chi connectivity index (χ1v) is 5.65. The van der Waals surface area contributed by atoms with Crippen LogP contribution >= 0.6 is 0 Å². The molecule has 0 fully saturated rings. The summed E-state index contributed by atoms with van der Waals surface area (Å²) < 4.78 is 0. The van der Waals surface area contributed by atoms with E-state index in [1.54, 1.807) is 13.8 Å². The van der Waals surface area contributed by atoms with Gasteiger partial charge in [0.1, 0.15) is 6.29 Å². The Hall–Kier alpha value is -1.75. The number of hydrogen-bond acceptors (Lipinski definition) is 5. The molecule has 0 aromatic rings. The van der Waals surface area contributed by atoms with Crippen molar-refractivity contribution < 1.29 is 4.79 Å². The van der Waals surface area contributed by atoms with Crippen molar-refractivity contribution in [3.63, 3.8) is 0 Å². The van der Waals surface area contributed by atoms with E-state index in [2.05, 4.69) is 16.3 Å². The summed E-state index contributed by atoms with van der Waals surface area (Å²) in [7, 11) is 0. The standard InChI is InChI=1S/C12H18N4O/c1-4-6-11(2,9-13)15-16-12(3,10-14)7-5-8-17/h8H,4-7H2,1-3H3. The van der Waals surface area contributed by atoms with Crippen LogP contribution in [0, 0.1) is 22.7 Å². The van der Waals surface area contributed by atoms with Gasteiger partial charge in [-0.2, -0.15) is 20.8 Å². The summed E-state index contributed by atoms with van der Waals surface area (Å²) >= 11 is 0. The molecule has 0 aromatic carbocycles. The quantitative estimate of drug-likeness (QED) is 0.501. The molecule has 0 saturated heterocycles. The van der Waals surface area contributed by atoms with E-state index in [0.717, 1.165) is 12.7 Å². The van der Waals surface area contributed by atoms with Gasteiger partial charge >= 0.3 is 0 Å². The second-order valence-corrected chi connectivity index (χ2v) is 4.43. The molecule has 0 aliphatic carbocycles. The zero-order chi connectivity index (χ0) is 13.4. The van der Waals surface area contributed by atoms with Crippen LogP contribution in [-0.2, 0) is 4.79 Å². The van der Waals surface area contributed by atoms with Crippen LogP contribution in [0.15, 0.2) is 10.2 Å². The molecule has 0 aliphatic rings. The largest absolute Gasteiger partial charge is 0.303 e. The highest BCUT2D eigenvalue weighted by atomic mass is 16.1. The minimum atomic E-state index is -1.02. The highest BCUT2D eigenvalue weighted by Gasteiger charge is 2.27. The molecule has 2 unspecified atom stereocenters. The second kappa shape index (κ2) is 6.75. The second-order valence-electron chi connectivity index (χ2n) is 4.43. The molecule has 0 aliphatic heterocycles. The molecule has 0 amide bonds. The highest BCUT2D eigenvalue weighted by molar-refractivity contribution is 5.49. The van der Waals surface area contributed by atoms with E-state index in [1.165, 1.54) is 0 Å². The van der Waals surface area contributed by atoms with Gasteiger partial charge in [0.2, 0.25) is 0 Å². The van der Waals surface area contributed by atoms with E-state index in [1.807, 2.05) is 13.0 Å². The fourth-order valence-electron chi connectivity index (χ4n) is 1.30. The minimum Gasteiger partial charge on any atom is -0.303 e. The summed E-state index contributed by atoms with van der Waals surface area (Å²) in [6.45, 7) is 5.27. The Morgan fingerprint density at radius 1 is 1.12 bits per heavy atom. The lowest BCUT2D eigenvalue weighted by Crippen LogP contribution is -2.23. The number of nitriles is 2. The third-order valence-electron chi connectivity index (χ3n) is 2.46. The van der Waals surface area contributed by atoms with Gasteiger partial charge in [0.05, 0.1) is 12.1 Å². The maximum atomic E-state index is 10.3. The first-order valence-electron chi connectivity index (χ1n) is 5.65. The molecule has 0 bridgehead atoms. The maximum Gasteiger partial charge on any atom is 0.165 e. The fraction of sp³-hybridized carbons (Fsp3) is 0.750. The lowest BCUT2D eigenvalue weighted by Gasteiger charge is -2.18.